The first-order chi connectivity index (χ1) is 16.0. The fraction of sp³-hybridized carbons (Fsp3) is 0.571. The molecule has 1 nitrogen and oxygen atoms in total. The molecule has 2 aromatic rings. The van der Waals surface area contributed by atoms with Crippen LogP contribution in [0, 0.1) is 29.2 Å². The first-order valence-corrected chi connectivity index (χ1v) is 12.6. The molecular weight excluding hydrogens is 428 g/mol. The van der Waals surface area contributed by atoms with Crippen LogP contribution in [0.25, 0.3) is 11.1 Å². The topological polar surface area (TPSA) is 9.23 Å². The van der Waals surface area contributed by atoms with Crippen molar-refractivity contribution in [3.8, 4) is 16.9 Å². The van der Waals surface area contributed by atoms with Gasteiger partial charge in [-0.2, -0.15) is 4.39 Å². The first kappa shape index (κ1) is 25.6. The molecule has 33 heavy (non-hydrogen) atoms. The highest BCUT2D eigenvalue weighted by atomic mass is 19.2. The minimum Gasteiger partial charge on any atom is -0.490 e. The van der Waals surface area contributed by atoms with Gasteiger partial charge in [-0.15, -0.1) is 0 Å². The lowest BCUT2D eigenvalue weighted by Gasteiger charge is -2.29. The SMILES string of the molecule is CCCCCCCOc1ccc(-c2ccc(C3CCC(CCC)CC3)c(F)c2F)c(F)c1F. The molecular formula is C28H36F4O. The molecule has 0 radical (unpaired) electrons. The number of hydrogen-bond acceptors (Lipinski definition) is 1. The van der Waals surface area contributed by atoms with Crippen LogP contribution in [0.1, 0.15) is 96.0 Å². The van der Waals surface area contributed by atoms with Crippen LogP contribution in [-0.2, 0) is 0 Å². The average Bonchev–Trinajstić information content (AvgIpc) is 2.82. The quantitative estimate of drug-likeness (QED) is 0.238. The molecule has 0 unspecified atom stereocenters. The standard InChI is InChI=1S/C28H36F4O/c1-3-5-6-7-8-18-33-24-17-16-23(27(31)28(24)32)22-15-14-21(25(29)26(22)30)20-12-10-19(9-4-2)11-13-20/h14-17,19-20H,3-13,18H2,1-2H3. The van der Waals surface area contributed by atoms with E-state index in [4.69, 9.17) is 4.74 Å². The van der Waals surface area contributed by atoms with E-state index in [0.717, 1.165) is 64.2 Å². The zero-order valence-electron chi connectivity index (χ0n) is 19.9. The Bertz CT molecular complexity index is 903. The number of rotatable bonds is 11. The molecule has 0 heterocycles. The molecule has 0 aromatic heterocycles. The van der Waals surface area contributed by atoms with Crippen LogP contribution in [0.4, 0.5) is 17.6 Å². The Morgan fingerprint density at radius 3 is 2.00 bits per heavy atom. The van der Waals surface area contributed by atoms with Gasteiger partial charge in [0.15, 0.2) is 23.2 Å². The fourth-order valence-corrected chi connectivity index (χ4v) is 5.00. The van der Waals surface area contributed by atoms with Crippen LogP contribution >= 0.6 is 0 Å². The second kappa shape index (κ2) is 12.4. The second-order valence-corrected chi connectivity index (χ2v) is 9.34. The smallest absolute Gasteiger partial charge is 0.201 e. The third-order valence-electron chi connectivity index (χ3n) is 6.94. The highest BCUT2D eigenvalue weighted by molar-refractivity contribution is 5.66. The summed E-state index contributed by atoms with van der Waals surface area (Å²) in [6.45, 7) is 4.57. The first-order valence-electron chi connectivity index (χ1n) is 12.6. The van der Waals surface area contributed by atoms with Crippen LogP contribution in [0.3, 0.4) is 0 Å². The van der Waals surface area contributed by atoms with E-state index in [2.05, 4.69) is 13.8 Å². The summed E-state index contributed by atoms with van der Waals surface area (Å²) < 4.78 is 64.6. The summed E-state index contributed by atoms with van der Waals surface area (Å²) >= 11 is 0. The van der Waals surface area contributed by atoms with E-state index in [1.54, 1.807) is 0 Å². The van der Waals surface area contributed by atoms with Gasteiger partial charge in [0, 0.05) is 11.1 Å². The summed E-state index contributed by atoms with van der Waals surface area (Å²) in [4.78, 5) is 0. The summed E-state index contributed by atoms with van der Waals surface area (Å²) in [7, 11) is 0. The predicted molar refractivity (Wildman–Crippen MR) is 126 cm³/mol. The lowest BCUT2D eigenvalue weighted by atomic mass is 9.77. The Kier molecular flexibility index (Phi) is 9.64. The Balaban J connectivity index is 1.71. The Hall–Kier alpha value is -2.04. The van der Waals surface area contributed by atoms with Gasteiger partial charge in [0.25, 0.3) is 0 Å². The normalized spacial score (nSPS) is 18.5. The van der Waals surface area contributed by atoms with Crippen molar-refractivity contribution in [2.24, 2.45) is 5.92 Å². The molecule has 0 bridgehead atoms. The summed E-state index contributed by atoms with van der Waals surface area (Å²) in [5.41, 5.74) is -0.217. The minimum absolute atomic E-state index is 0.0312. The van der Waals surface area contributed by atoms with Crippen molar-refractivity contribution in [1.29, 1.82) is 0 Å². The highest BCUT2D eigenvalue weighted by Gasteiger charge is 2.27. The Morgan fingerprint density at radius 1 is 0.697 bits per heavy atom. The molecule has 1 aliphatic rings. The van der Waals surface area contributed by atoms with Crippen molar-refractivity contribution in [1.82, 2.24) is 0 Å². The van der Waals surface area contributed by atoms with E-state index < -0.39 is 23.3 Å². The van der Waals surface area contributed by atoms with Gasteiger partial charge in [-0.1, -0.05) is 64.5 Å². The predicted octanol–water partition coefficient (Wildman–Crippen LogP) is 9.33. The van der Waals surface area contributed by atoms with E-state index in [9.17, 15) is 17.6 Å². The van der Waals surface area contributed by atoms with Crippen LogP contribution < -0.4 is 4.74 Å². The molecule has 3 rings (SSSR count). The van der Waals surface area contributed by atoms with Crippen molar-refractivity contribution in [3.63, 3.8) is 0 Å². The molecule has 0 spiro atoms. The number of hydrogen-bond donors (Lipinski definition) is 0. The van der Waals surface area contributed by atoms with E-state index in [1.165, 1.54) is 30.7 Å². The van der Waals surface area contributed by atoms with Crippen molar-refractivity contribution >= 4 is 0 Å². The van der Waals surface area contributed by atoms with Gasteiger partial charge >= 0.3 is 0 Å². The van der Waals surface area contributed by atoms with Gasteiger partial charge in [-0.3, -0.25) is 0 Å². The van der Waals surface area contributed by atoms with E-state index >= 15 is 0 Å². The van der Waals surface area contributed by atoms with Crippen LogP contribution in [0.15, 0.2) is 24.3 Å². The van der Waals surface area contributed by atoms with Crippen molar-refractivity contribution < 1.29 is 22.3 Å². The number of halogens is 4. The Labute approximate surface area is 195 Å². The van der Waals surface area contributed by atoms with E-state index in [0.29, 0.717) is 11.5 Å². The van der Waals surface area contributed by atoms with Gasteiger partial charge < -0.3 is 4.74 Å². The summed E-state index contributed by atoms with van der Waals surface area (Å²) in [6.07, 6.45) is 11.1. The van der Waals surface area contributed by atoms with E-state index in [1.807, 2.05) is 0 Å². The van der Waals surface area contributed by atoms with Gasteiger partial charge in [0.2, 0.25) is 5.82 Å². The molecule has 1 fully saturated rings. The van der Waals surface area contributed by atoms with Gasteiger partial charge in [-0.05, 0) is 61.6 Å². The Morgan fingerprint density at radius 2 is 1.33 bits per heavy atom. The maximum atomic E-state index is 15.0. The number of unbranched alkanes of at least 4 members (excludes halogenated alkanes) is 4. The lowest BCUT2D eigenvalue weighted by molar-refractivity contribution is 0.285. The maximum Gasteiger partial charge on any atom is 0.201 e. The van der Waals surface area contributed by atoms with Crippen molar-refractivity contribution in [3.05, 3.63) is 53.1 Å². The zero-order chi connectivity index (χ0) is 23.8. The maximum absolute atomic E-state index is 15.0. The highest BCUT2D eigenvalue weighted by Crippen LogP contribution is 2.40. The molecule has 1 saturated carbocycles. The third-order valence-corrected chi connectivity index (χ3v) is 6.94. The molecule has 0 aliphatic heterocycles. The molecule has 0 atom stereocenters. The van der Waals surface area contributed by atoms with Crippen LogP contribution in [0.2, 0.25) is 0 Å². The zero-order valence-corrected chi connectivity index (χ0v) is 19.9. The molecule has 2 aromatic carbocycles. The van der Waals surface area contributed by atoms with Gasteiger partial charge in [0.05, 0.1) is 6.61 Å². The molecule has 0 saturated heterocycles. The van der Waals surface area contributed by atoms with Gasteiger partial charge in [0.1, 0.15) is 0 Å². The summed E-state index contributed by atoms with van der Waals surface area (Å²) in [5, 5.41) is 0. The van der Waals surface area contributed by atoms with Crippen molar-refractivity contribution in [2.45, 2.75) is 90.4 Å². The minimum atomic E-state index is -1.22. The fourth-order valence-electron chi connectivity index (χ4n) is 5.00. The van der Waals surface area contributed by atoms with Gasteiger partial charge in [-0.25, -0.2) is 13.2 Å². The monoisotopic (exact) mass is 464 g/mol. The largest absolute Gasteiger partial charge is 0.490 e. The van der Waals surface area contributed by atoms with E-state index in [-0.39, 0.29) is 29.4 Å². The summed E-state index contributed by atoms with van der Waals surface area (Å²) in [5.74, 6) is -4.02. The number of benzene rings is 2. The number of ether oxygens (including phenoxy) is 1. The molecule has 1 aliphatic carbocycles. The average molecular weight is 465 g/mol. The third kappa shape index (κ3) is 6.30. The van der Waals surface area contributed by atoms with Crippen LogP contribution in [-0.4, -0.2) is 6.61 Å². The molecule has 182 valence electrons. The summed E-state index contributed by atoms with van der Waals surface area (Å²) in [6, 6.07) is 5.47. The van der Waals surface area contributed by atoms with Crippen molar-refractivity contribution in [2.75, 3.05) is 6.61 Å². The lowest BCUT2D eigenvalue weighted by Crippen LogP contribution is -2.15. The van der Waals surface area contributed by atoms with Crippen LogP contribution in [0.5, 0.6) is 5.75 Å². The molecule has 5 heteroatoms. The second-order valence-electron chi connectivity index (χ2n) is 9.34. The molecule has 0 N–H and O–H groups in total. The molecule has 0 amide bonds.